The van der Waals surface area contributed by atoms with Crippen molar-refractivity contribution in [3.63, 3.8) is 0 Å². The van der Waals surface area contributed by atoms with Gasteiger partial charge in [-0.15, -0.1) is 0 Å². The fraction of sp³-hybridized carbons (Fsp3) is 0.842. The van der Waals surface area contributed by atoms with Gasteiger partial charge in [-0.1, -0.05) is 13.0 Å². The number of hydrogen-bond acceptors (Lipinski definition) is 5. The highest BCUT2D eigenvalue weighted by Gasteiger charge is 2.26. The molecule has 1 amide bonds. The molecule has 25 heavy (non-hydrogen) atoms. The number of nitrogens with one attached hydrogen (secondary N) is 1. The van der Waals surface area contributed by atoms with Crippen LogP contribution in [0.1, 0.15) is 32.1 Å². The first kappa shape index (κ1) is 20.2. The van der Waals surface area contributed by atoms with Gasteiger partial charge in [-0.2, -0.15) is 0 Å². The number of piperidine rings is 2. The van der Waals surface area contributed by atoms with Crippen LogP contribution in [0.5, 0.6) is 0 Å². The summed E-state index contributed by atoms with van der Waals surface area (Å²) < 4.78 is 11.6. The molecule has 0 saturated carbocycles. The molecule has 0 aromatic carbocycles. The van der Waals surface area contributed by atoms with E-state index in [9.17, 15) is 4.79 Å². The Morgan fingerprint density at radius 3 is 2.60 bits per heavy atom. The van der Waals surface area contributed by atoms with E-state index in [1.165, 1.54) is 19.3 Å². The number of hydrogen-bond donors (Lipinski definition) is 1. The monoisotopic (exact) mass is 353 g/mol. The number of nitrogens with zero attached hydrogens (tertiary/aromatic N) is 2. The van der Waals surface area contributed by atoms with E-state index in [2.05, 4.69) is 21.7 Å². The zero-order chi connectivity index (χ0) is 18.1. The summed E-state index contributed by atoms with van der Waals surface area (Å²) in [5.41, 5.74) is 0. The highest BCUT2D eigenvalue weighted by Crippen LogP contribution is 2.24. The van der Waals surface area contributed by atoms with Crippen LogP contribution >= 0.6 is 0 Å². The van der Waals surface area contributed by atoms with Crippen molar-refractivity contribution in [1.29, 1.82) is 0 Å². The minimum atomic E-state index is 0.0323. The molecule has 0 spiro atoms. The number of carbonyl (C=O) groups is 1. The van der Waals surface area contributed by atoms with Crippen molar-refractivity contribution in [2.75, 3.05) is 60.0 Å². The fourth-order valence-corrected chi connectivity index (χ4v) is 3.79. The van der Waals surface area contributed by atoms with E-state index in [0.717, 1.165) is 51.3 Å². The minimum Gasteiger partial charge on any atom is -0.491 e. The average molecular weight is 354 g/mol. The van der Waals surface area contributed by atoms with Crippen LogP contribution in [-0.4, -0.2) is 81.8 Å². The number of amides is 1. The second kappa shape index (κ2) is 10.8. The van der Waals surface area contributed by atoms with Gasteiger partial charge in [0.15, 0.2) is 0 Å². The summed E-state index contributed by atoms with van der Waals surface area (Å²) in [5.74, 6) is 1.20. The normalized spacial score (nSPS) is 23.8. The molecular weight excluding hydrogens is 318 g/mol. The Morgan fingerprint density at radius 1 is 1.20 bits per heavy atom. The maximum Gasteiger partial charge on any atom is 0.233 e. The lowest BCUT2D eigenvalue weighted by Gasteiger charge is -2.35. The van der Waals surface area contributed by atoms with E-state index in [1.54, 1.807) is 14.2 Å². The molecule has 2 rings (SSSR count). The van der Waals surface area contributed by atoms with E-state index < -0.39 is 0 Å². The number of rotatable bonds is 9. The van der Waals surface area contributed by atoms with Crippen molar-refractivity contribution in [3.8, 4) is 0 Å². The molecule has 0 bridgehead atoms. The molecule has 2 heterocycles. The van der Waals surface area contributed by atoms with Crippen LogP contribution in [0.25, 0.3) is 0 Å². The van der Waals surface area contributed by atoms with Crippen LogP contribution in [0, 0.1) is 5.92 Å². The highest BCUT2D eigenvalue weighted by atomic mass is 16.5. The van der Waals surface area contributed by atoms with E-state index >= 15 is 0 Å². The van der Waals surface area contributed by atoms with E-state index in [0.29, 0.717) is 19.1 Å². The number of methoxy groups -OCH3 is 1. The molecule has 0 aliphatic carbocycles. The van der Waals surface area contributed by atoms with Crippen molar-refractivity contribution < 1.29 is 14.3 Å². The Morgan fingerprint density at radius 2 is 1.92 bits per heavy atom. The molecule has 2 fully saturated rings. The summed E-state index contributed by atoms with van der Waals surface area (Å²) in [6.45, 7) is 10.3. The van der Waals surface area contributed by atoms with Gasteiger partial charge in [0.05, 0.1) is 18.9 Å². The molecule has 6 nitrogen and oxygen atoms in total. The zero-order valence-corrected chi connectivity index (χ0v) is 16.0. The van der Waals surface area contributed by atoms with Crippen LogP contribution in [0.15, 0.2) is 12.3 Å². The molecule has 2 aliphatic rings. The Hall–Kier alpha value is -1.11. The van der Waals surface area contributed by atoms with Crippen LogP contribution in [0.3, 0.4) is 0 Å². The summed E-state index contributed by atoms with van der Waals surface area (Å²) >= 11 is 0. The minimum absolute atomic E-state index is 0.0323. The van der Waals surface area contributed by atoms with Crippen molar-refractivity contribution in [2.45, 2.75) is 38.2 Å². The molecule has 2 unspecified atom stereocenters. The first-order valence-corrected chi connectivity index (χ1v) is 9.62. The van der Waals surface area contributed by atoms with Crippen molar-refractivity contribution in [1.82, 2.24) is 15.1 Å². The molecule has 2 saturated heterocycles. The maximum absolute atomic E-state index is 11.6. The summed E-state index contributed by atoms with van der Waals surface area (Å²) in [6.07, 6.45) is 6.07. The highest BCUT2D eigenvalue weighted by molar-refractivity contribution is 5.77. The average Bonchev–Trinajstić information content (AvgIpc) is 2.63. The molecule has 144 valence electrons. The van der Waals surface area contributed by atoms with Gasteiger partial charge in [-0.25, -0.2) is 0 Å². The summed E-state index contributed by atoms with van der Waals surface area (Å²) in [4.78, 5) is 16.3. The fourth-order valence-electron chi connectivity index (χ4n) is 3.79. The van der Waals surface area contributed by atoms with Crippen LogP contribution in [0.4, 0.5) is 0 Å². The third-order valence-electron chi connectivity index (χ3n) is 5.19. The summed E-state index contributed by atoms with van der Waals surface area (Å²) in [5, 5.41) is 2.69. The summed E-state index contributed by atoms with van der Waals surface area (Å²) in [7, 11) is 3.41. The van der Waals surface area contributed by atoms with Crippen LogP contribution < -0.4 is 5.32 Å². The molecule has 0 aromatic rings. The number of likely N-dealkylation sites (tertiary alicyclic amines) is 2. The van der Waals surface area contributed by atoms with Gasteiger partial charge in [-0.05, 0) is 45.3 Å². The van der Waals surface area contributed by atoms with Gasteiger partial charge in [0, 0.05) is 33.2 Å². The SMILES string of the molecule is C=C(OC(COC)CN1CCCCC1)C1CCCN(CC(=O)NC)C1. The predicted octanol–water partition coefficient (Wildman–Crippen LogP) is 1.48. The maximum atomic E-state index is 11.6. The molecule has 2 atom stereocenters. The molecule has 1 N–H and O–H groups in total. The Bertz CT molecular complexity index is 424. The second-order valence-corrected chi connectivity index (χ2v) is 7.27. The Labute approximate surface area is 152 Å². The van der Waals surface area contributed by atoms with Gasteiger partial charge in [0.1, 0.15) is 6.10 Å². The first-order chi connectivity index (χ1) is 12.1. The van der Waals surface area contributed by atoms with Gasteiger partial charge >= 0.3 is 0 Å². The van der Waals surface area contributed by atoms with Gasteiger partial charge in [0.25, 0.3) is 0 Å². The zero-order valence-electron chi connectivity index (χ0n) is 16.0. The van der Waals surface area contributed by atoms with E-state index in [-0.39, 0.29) is 12.0 Å². The van der Waals surface area contributed by atoms with E-state index in [4.69, 9.17) is 9.47 Å². The van der Waals surface area contributed by atoms with Gasteiger partial charge < -0.3 is 14.8 Å². The van der Waals surface area contributed by atoms with Gasteiger partial charge in [0.2, 0.25) is 5.91 Å². The third-order valence-corrected chi connectivity index (χ3v) is 5.19. The van der Waals surface area contributed by atoms with Crippen LogP contribution in [0.2, 0.25) is 0 Å². The largest absolute Gasteiger partial charge is 0.491 e. The third kappa shape index (κ3) is 6.96. The smallest absolute Gasteiger partial charge is 0.233 e. The van der Waals surface area contributed by atoms with Crippen molar-refractivity contribution >= 4 is 5.91 Å². The van der Waals surface area contributed by atoms with E-state index in [1.807, 2.05) is 0 Å². The van der Waals surface area contributed by atoms with Crippen molar-refractivity contribution in [3.05, 3.63) is 12.3 Å². The quantitative estimate of drug-likeness (QED) is 0.636. The molecule has 2 aliphatic heterocycles. The lowest BCUT2D eigenvalue weighted by atomic mass is 9.96. The first-order valence-electron chi connectivity index (χ1n) is 9.62. The van der Waals surface area contributed by atoms with Gasteiger partial charge in [-0.3, -0.25) is 14.6 Å². The Balaban J connectivity index is 1.82. The molecule has 0 aromatic heterocycles. The van der Waals surface area contributed by atoms with Crippen molar-refractivity contribution in [2.24, 2.45) is 5.92 Å². The lowest BCUT2D eigenvalue weighted by molar-refractivity contribution is -0.122. The lowest BCUT2D eigenvalue weighted by Crippen LogP contribution is -2.43. The summed E-state index contributed by atoms with van der Waals surface area (Å²) in [6, 6.07) is 0. The Kier molecular flexibility index (Phi) is 8.72. The molecular formula is C19H35N3O3. The second-order valence-electron chi connectivity index (χ2n) is 7.27. The number of likely N-dealkylation sites (N-methyl/N-ethyl adjacent to an activating group) is 1. The number of carbonyl (C=O) groups excluding carboxylic acids is 1. The predicted molar refractivity (Wildman–Crippen MR) is 99.4 cm³/mol. The standard InChI is InChI=1S/C19H35N3O3/c1-16(17-8-7-11-22(12-17)14-19(23)20-2)25-18(15-24-3)13-21-9-5-4-6-10-21/h17-18H,1,4-15H2,2-3H3,(H,20,23). The topological polar surface area (TPSA) is 54.0 Å². The van der Waals surface area contributed by atoms with Crippen LogP contribution in [-0.2, 0) is 14.3 Å². The molecule has 6 heteroatoms. The number of ether oxygens (including phenoxy) is 2. The molecule has 0 radical (unpaired) electrons.